The highest BCUT2D eigenvalue weighted by Crippen LogP contribution is 2.14. The van der Waals surface area contributed by atoms with Crippen LogP contribution >= 0.6 is 0 Å². The minimum atomic E-state index is -0.926. The first-order valence-electron chi connectivity index (χ1n) is 6.94. The Morgan fingerprint density at radius 3 is 2.76 bits per heavy atom. The molecule has 0 bridgehead atoms. The standard InChI is InChI=1S/C15H22N2O4/c1-3-9-17(15(20)16-8-7-14(18)19)11-12-5-4-6-13(10-12)21-2/h4-6,10H,3,7-9,11H2,1-2H3,(H,16,20)(H,18,19). The van der Waals surface area contributed by atoms with Gasteiger partial charge >= 0.3 is 12.0 Å². The van der Waals surface area contributed by atoms with Crippen LogP contribution in [0.4, 0.5) is 4.79 Å². The molecule has 6 heteroatoms. The third-order valence-electron chi connectivity index (χ3n) is 2.90. The van der Waals surface area contributed by atoms with Crippen LogP contribution in [0.2, 0.25) is 0 Å². The highest BCUT2D eigenvalue weighted by Gasteiger charge is 2.13. The third-order valence-corrected chi connectivity index (χ3v) is 2.90. The number of carbonyl (C=O) groups is 2. The van der Waals surface area contributed by atoms with Gasteiger partial charge in [-0.3, -0.25) is 4.79 Å². The average Bonchev–Trinajstić information content (AvgIpc) is 2.46. The van der Waals surface area contributed by atoms with E-state index in [1.165, 1.54) is 0 Å². The normalized spacial score (nSPS) is 10.0. The van der Waals surface area contributed by atoms with Crippen LogP contribution in [0.25, 0.3) is 0 Å². The quantitative estimate of drug-likeness (QED) is 0.769. The number of urea groups is 1. The van der Waals surface area contributed by atoms with Gasteiger partial charge in [-0.25, -0.2) is 4.79 Å². The molecule has 0 aromatic heterocycles. The van der Waals surface area contributed by atoms with Crippen molar-refractivity contribution in [2.75, 3.05) is 20.2 Å². The molecule has 0 saturated heterocycles. The van der Waals surface area contributed by atoms with E-state index in [-0.39, 0.29) is 19.0 Å². The molecule has 1 aromatic rings. The zero-order valence-corrected chi connectivity index (χ0v) is 12.5. The molecule has 1 rings (SSSR count). The van der Waals surface area contributed by atoms with Crippen LogP contribution in [0.3, 0.4) is 0 Å². The summed E-state index contributed by atoms with van der Waals surface area (Å²) < 4.78 is 5.16. The van der Waals surface area contributed by atoms with Gasteiger partial charge in [-0.05, 0) is 24.1 Å². The molecule has 0 aliphatic carbocycles. The fourth-order valence-corrected chi connectivity index (χ4v) is 1.90. The number of nitrogens with zero attached hydrogens (tertiary/aromatic N) is 1. The SMILES string of the molecule is CCCN(Cc1cccc(OC)c1)C(=O)NCCC(=O)O. The zero-order chi connectivity index (χ0) is 15.7. The average molecular weight is 294 g/mol. The van der Waals surface area contributed by atoms with E-state index in [9.17, 15) is 9.59 Å². The first kappa shape index (κ1) is 16.8. The molecular weight excluding hydrogens is 272 g/mol. The minimum Gasteiger partial charge on any atom is -0.497 e. The number of amides is 2. The van der Waals surface area contributed by atoms with Crippen LogP contribution in [0.1, 0.15) is 25.3 Å². The lowest BCUT2D eigenvalue weighted by molar-refractivity contribution is -0.136. The van der Waals surface area contributed by atoms with Gasteiger partial charge in [-0.1, -0.05) is 19.1 Å². The molecule has 0 spiro atoms. The molecular formula is C15H22N2O4. The molecule has 0 aliphatic rings. The number of carboxylic acid groups (broad SMARTS) is 1. The fraction of sp³-hybridized carbons (Fsp3) is 0.467. The second-order valence-corrected chi connectivity index (χ2v) is 4.65. The second-order valence-electron chi connectivity index (χ2n) is 4.65. The number of nitrogens with one attached hydrogen (secondary N) is 1. The van der Waals surface area contributed by atoms with Crippen LogP contribution in [0, 0.1) is 0 Å². The Hall–Kier alpha value is -2.24. The van der Waals surface area contributed by atoms with Crippen LogP contribution in [-0.2, 0) is 11.3 Å². The number of aliphatic carboxylic acids is 1. The Balaban J connectivity index is 2.62. The summed E-state index contributed by atoms with van der Waals surface area (Å²) in [6.07, 6.45) is 0.751. The maximum Gasteiger partial charge on any atom is 0.317 e. The predicted molar refractivity (Wildman–Crippen MR) is 79.3 cm³/mol. The molecule has 0 aliphatic heterocycles. The number of carbonyl (C=O) groups excluding carboxylic acids is 1. The Kier molecular flexibility index (Phi) is 7.08. The van der Waals surface area contributed by atoms with Crippen molar-refractivity contribution in [1.82, 2.24) is 10.2 Å². The van der Waals surface area contributed by atoms with Crippen molar-refractivity contribution in [3.8, 4) is 5.75 Å². The van der Waals surface area contributed by atoms with Gasteiger partial charge in [-0.15, -0.1) is 0 Å². The van der Waals surface area contributed by atoms with Crippen LogP contribution in [0.15, 0.2) is 24.3 Å². The summed E-state index contributed by atoms with van der Waals surface area (Å²) in [5, 5.41) is 11.2. The lowest BCUT2D eigenvalue weighted by atomic mass is 10.2. The van der Waals surface area contributed by atoms with E-state index in [0.717, 1.165) is 17.7 Å². The maximum absolute atomic E-state index is 12.1. The van der Waals surface area contributed by atoms with Crippen LogP contribution in [0.5, 0.6) is 5.75 Å². The van der Waals surface area contributed by atoms with Gasteiger partial charge in [0.2, 0.25) is 0 Å². The van der Waals surface area contributed by atoms with Gasteiger partial charge < -0.3 is 20.1 Å². The van der Waals surface area contributed by atoms with Crippen molar-refractivity contribution < 1.29 is 19.4 Å². The predicted octanol–water partition coefficient (Wildman–Crippen LogP) is 2.09. The highest BCUT2D eigenvalue weighted by molar-refractivity contribution is 5.75. The van der Waals surface area contributed by atoms with Crippen molar-refractivity contribution in [3.63, 3.8) is 0 Å². The molecule has 0 atom stereocenters. The zero-order valence-electron chi connectivity index (χ0n) is 12.5. The van der Waals surface area contributed by atoms with E-state index in [0.29, 0.717) is 13.1 Å². The van der Waals surface area contributed by atoms with Gasteiger partial charge in [0.25, 0.3) is 0 Å². The van der Waals surface area contributed by atoms with Gasteiger partial charge in [-0.2, -0.15) is 0 Å². The van der Waals surface area contributed by atoms with Crippen LogP contribution < -0.4 is 10.1 Å². The third kappa shape index (κ3) is 6.16. The molecule has 21 heavy (non-hydrogen) atoms. The summed E-state index contributed by atoms with van der Waals surface area (Å²) in [4.78, 5) is 24.2. The smallest absolute Gasteiger partial charge is 0.317 e. The van der Waals surface area contributed by atoms with Gasteiger partial charge in [0.15, 0.2) is 0 Å². The van der Waals surface area contributed by atoms with Crippen molar-refractivity contribution >= 4 is 12.0 Å². The minimum absolute atomic E-state index is 0.0785. The van der Waals surface area contributed by atoms with E-state index in [1.807, 2.05) is 31.2 Å². The topological polar surface area (TPSA) is 78.9 Å². The number of ether oxygens (including phenoxy) is 1. The first-order chi connectivity index (χ1) is 10.1. The largest absolute Gasteiger partial charge is 0.497 e. The van der Waals surface area contributed by atoms with Gasteiger partial charge in [0.05, 0.1) is 13.5 Å². The lowest BCUT2D eigenvalue weighted by Crippen LogP contribution is -2.40. The van der Waals surface area contributed by atoms with E-state index in [2.05, 4.69) is 5.32 Å². The van der Waals surface area contributed by atoms with E-state index in [1.54, 1.807) is 12.0 Å². The molecule has 6 nitrogen and oxygen atoms in total. The number of rotatable bonds is 8. The summed E-state index contributed by atoms with van der Waals surface area (Å²) >= 11 is 0. The van der Waals surface area contributed by atoms with Crippen LogP contribution in [-0.4, -0.2) is 42.2 Å². The maximum atomic E-state index is 12.1. The number of methoxy groups -OCH3 is 1. The van der Waals surface area contributed by atoms with Gasteiger partial charge in [0.1, 0.15) is 5.75 Å². The summed E-state index contributed by atoms with van der Waals surface area (Å²) in [7, 11) is 1.60. The molecule has 0 unspecified atom stereocenters. The molecule has 0 radical (unpaired) electrons. The Bertz CT molecular complexity index is 476. The highest BCUT2D eigenvalue weighted by atomic mass is 16.5. The van der Waals surface area contributed by atoms with E-state index >= 15 is 0 Å². The lowest BCUT2D eigenvalue weighted by Gasteiger charge is -2.22. The summed E-state index contributed by atoms with van der Waals surface area (Å²) in [5.41, 5.74) is 0.969. The Labute approximate surface area is 124 Å². The molecule has 1 aromatic carbocycles. The number of carboxylic acids is 1. The molecule has 2 amide bonds. The van der Waals surface area contributed by atoms with Crippen molar-refractivity contribution in [1.29, 1.82) is 0 Å². The molecule has 0 fully saturated rings. The number of hydrogen-bond donors (Lipinski definition) is 2. The van der Waals surface area contributed by atoms with Crippen molar-refractivity contribution in [3.05, 3.63) is 29.8 Å². The fourth-order valence-electron chi connectivity index (χ4n) is 1.90. The van der Waals surface area contributed by atoms with E-state index in [4.69, 9.17) is 9.84 Å². The molecule has 116 valence electrons. The number of benzene rings is 1. The summed E-state index contributed by atoms with van der Waals surface area (Å²) in [5.74, 6) is -0.180. The summed E-state index contributed by atoms with van der Waals surface area (Å²) in [6, 6.07) is 7.28. The van der Waals surface area contributed by atoms with Crippen molar-refractivity contribution in [2.45, 2.75) is 26.3 Å². The monoisotopic (exact) mass is 294 g/mol. The molecule has 2 N–H and O–H groups in total. The molecule has 0 heterocycles. The Morgan fingerprint density at radius 2 is 2.14 bits per heavy atom. The number of hydrogen-bond acceptors (Lipinski definition) is 3. The first-order valence-corrected chi connectivity index (χ1v) is 6.94. The molecule has 0 saturated carbocycles. The van der Waals surface area contributed by atoms with E-state index < -0.39 is 5.97 Å². The van der Waals surface area contributed by atoms with Crippen molar-refractivity contribution in [2.24, 2.45) is 0 Å². The second kappa shape index (κ2) is 8.84. The Morgan fingerprint density at radius 1 is 1.38 bits per heavy atom. The van der Waals surface area contributed by atoms with Gasteiger partial charge in [0, 0.05) is 19.6 Å². The summed E-state index contributed by atoms with van der Waals surface area (Å²) in [6.45, 7) is 3.19.